The first-order chi connectivity index (χ1) is 15.7. The Kier molecular flexibility index (Phi) is 6.17. The molecule has 1 amide bonds. The Bertz CT molecular complexity index is 1360. The molecule has 1 aromatic carbocycles. The van der Waals surface area contributed by atoms with Crippen LogP contribution in [0.2, 0.25) is 5.02 Å². The van der Waals surface area contributed by atoms with Crippen molar-refractivity contribution < 1.29 is 22.5 Å². The Hall–Kier alpha value is -3.31. The van der Waals surface area contributed by atoms with Crippen LogP contribution in [0.15, 0.2) is 59.4 Å². The van der Waals surface area contributed by atoms with E-state index in [4.69, 9.17) is 16.1 Å². The lowest BCUT2D eigenvalue weighted by atomic mass is 10.1. The van der Waals surface area contributed by atoms with Gasteiger partial charge in [-0.25, -0.2) is 0 Å². The third-order valence-electron chi connectivity index (χ3n) is 5.38. The highest BCUT2D eigenvalue weighted by Crippen LogP contribution is 2.38. The first-order valence-electron chi connectivity index (χ1n) is 9.88. The van der Waals surface area contributed by atoms with Crippen molar-refractivity contribution in [3.05, 3.63) is 71.1 Å². The SMILES string of the molecule is C[C@H]1CN(c2ccc(C(F)(F)F)c(Cl)c2)C(=O)c2c(-c3cc(-c4ccccn4)on3)cnn21.S. The molecule has 4 heterocycles. The fourth-order valence-corrected chi connectivity index (χ4v) is 4.09. The van der Waals surface area contributed by atoms with Gasteiger partial charge in [-0.2, -0.15) is 31.8 Å². The van der Waals surface area contributed by atoms with Gasteiger partial charge in [0, 0.05) is 24.5 Å². The van der Waals surface area contributed by atoms with E-state index in [0.29, 0.717) is 22.7 Å². The Balaban J connectivity index is 0.00000274. The summed E-state index contributed by atoms with van der Waals surface area (Å²) in [5.74, 6) is -0.00737. The summed E-state index contributed by atoms with van der Waals surface area (Å²) in [5, 5.41) is 7.93. The van der Waals surface area contributed by atoms with Crippen molar-refractivity contribution in [1.29, 1.82) is 0 Å². The number of hydrogen-bond acceptors (Lipinski definition) is 5. The molecule has 34 heavy (non-hydrogen) atoms. The molecule has 0 unspecified atom stereocenters. The second-order valence-electron chi connectivity index (χ2n) is 7.57. The molecule has 0 saturated heterocycles. The van der Waals surface area contributed by atoms with Crippen molar-refractivity contribution in [3.8, 4) is 22.7 Å². The van der Waals surface area contributed by atoms with Gasteiger partial charge in [-0.1, -0.05) is 22.8 Å². The second kappa shape index (κ2) is 8.80. The molecule has 0 radical (unpaired) electrons. The van der Waals surface area contributed by atoms with E-state index in [2.05, 4.69) is 15.2 Å². The summed E-state index contributed by atoms with van der Waals surface area (Å²) in [6, 6.07) is 10.0. The first kappa shape index (κ1) is 23.8. The van der Waals surface area contributed by atoms with Gasteiger partial charge in [0.25, 0.3) is 5.91 Å². The van der Waals surface area contributed by atoms with E-state index in [-0.39, 0.29) is 37.5 Å². The average molecular weight is 508 g/mol. The average Bonchev–Trinajstić information content (AvgIpc) is 3.43. The van der Waals surface area contributed by atoms with Crippen LogP contribution in [0.1, 0.15) is 29.0 Å². The summed E-state index contributed by atoms with van der Waals surface area (Å²) in [4.78, 5) is 19.0. The van der Waals surface area contributed by atoms with Crippen LogP contribution in [-0.4, -0.2) is 32.4 Å². The van der Waals surface area contributed by atoms with E-state index in [1.54, 1.807) is 29.1 Å². The highest BCUT2D eigenvalue weighted by molar-refractivity contribution is 7.59. The van der Waals surface area contributed by atoms with Crippen LogP contribution in [-0.2, 0) is 6.18 Å². The lowest BCUT2D eigenvalue weighted by Gasteiger charge is -2.32. The highest BCUT2D eigenvalue weighted by atomic mass is 35.5. The van der Waals surface area contributed by atoms with E-state index in [1.165, 1.54) is 17.2 Å². The molecule has 0 saturated carbocycles. The predicted molar refractivity (Wildman–Crippen MR) is 124 cm³/mol. The van der Waals surface area contributed by atoms with Crippen molar-refractivity contribution in [2.24, 2.45) is 0 Å². The first-order valence-corrected chi connectivity index (χ1v) is 10.3. The minimum absolute atomic E-state index is 0. The quantitative estimate of drug-likeness (QED) is 0.360. The molecule has 3 aromatic heterocycles. The normalized spacial score (nSPS) is 15.7. The van der Waals surface area contributed by atoms with Crippen molar-refractivity contribution in [1.82, 2.24) is 19.9 Å². The van der Waals surface area contributed by atoms with Crippen molar-refractivity contribution in [2.45, 2.75) is 19.1 Å². The van der Waals surface area contributed by atoms with Gasteiger partial charge in [0.2, 0.25) is 0 Å². The second-order valence-corrected chi connectivity index (χ2v) is 7.98. The highest BCUT2D eigenvalue weighted by Gasteiger charge is 2.37. The number of benzene rings is 1. The van der Waals surface area contributed by atoms with Crippen LogP contribution in [0.3, 0.4) is 0 Å². The van der Waals surface area contributed by atoms with Gasteiger partial charge in [0.1, 0.15) is 17.1 Å². The molecule has 0 bridgehead atoms. The third-order valence-corrected chi connectivity index (χ3v) is 5.69. The van der Waals surface area contributed by atoms with E-state index < -0.39 is 22.7 Å². The Labute approximate surface area is 203 Å². The number of alkyl halides is 3. The zero-order valence-electron chi connectivity index (χ0n) is 17.5. The van der Waals surface area contributed by atoms with Crippen LogP contribution >= 0.6 is 25.1 Å². The molecule has 1 aliphatic rings. The van der Waals surface area contributed by atoms with Crippen molar-refractivity contribution >= 4 is 36.7 Å². The number of carbonyl (C=O) groups excluding carboxylic acids is 1. The molecule has 7 nitrogen and oxygen atoms in total. The molecule has 0 spiro atoms. The topological polar surface area (TPSA) is 77.1 Å². The maximum atomic E-state index is 13.4. The summed E-state index contributed by atoms with van der Waals surface area (Å²) < 4.78 is 46.2. The standard InChI is InChI=1S/C22H15ClF3N5O2.H2S/c1-12-11-30(13-5-6-15(16(23)8-13)22(24,25)26)21(32)20-14(10-28-31(12)20)18-9-19(33-29-18)17-4-2-3-7-27-17;/h2-10,12H,11H2,1H3;1H2/t12-;/m0./s1. The molecule has 0 fully saturated rings. The number of pyridine rings is 1. The number of fused-ring (bicyclic) bond motifs is 1. The van der Waals surface area contributed by atoms with Crippen LogP contribution in [0.25, 0.3) is 22.7 Å². The van der Waals surface area contributed by atoms with Gasteiger partial charge in [-0.05, 0) is 37.3 Å². The van der Waals surface area contributed by atoms with Crippen LogP contribution in [0.4, 0.5) is 18.9 Å². The minimum atomic E-state index is -4.58. The predicted octanol–water partition coefficient (Wildman–Crippen LogP) is 5.61. The van der Waals surface area contributed by atoms with E-state index in [1.807, 2.05) is 13.0 Å². The van der Waals surface area contributed by atoms with Crippen LogP contribution < -0.4 is 4.90 Å². The summed E-state index contributed by atoms with van der Waals surface area (Å²) >= 11 is 5.88. The van der Waals surface area contributed by atoms with Gasteiger partial charge >= 0.3 is 6.18 Å². The number of rotatable bonds is 3. The number of carbonyl (C=O) groups is 1. The number of amides is 1. The molecular formula is C22H17ClF3N5O2S. The van der Waals surface area contributed by atoms with Crippen molar-refractivity contribution in [3.63, 3.8) is 0 Å². The fourth-order valence-electron chi connectivity index (χ4n) is 3.81. The molecule has 1 atom stereocenters. The molecule has 0 aliphatic carbocycles. The van der Waals surface area contributed by atoms with Crippen molar-refractivity contribution in [2.75, 3.05) is 11.4 Å². The smallest absolute Gasteiger partial charge is 0.354 e. The molecule has 5 rings (SSSR count). The zero-order chi connectivity index (χ0) is 23.3. The number of anilines is 1. The Morgan fingerprint density at radius 2 is 1.94 bits per heavy atom. The van der Waals surface area contributed by atoms with E-state index in [9.17, 15) is 18.0 Å². The molecule has 176 valence electrons. The maximum absolute atomic E-state index is 13.4. The van der Waals surface area contributed by atoms with Gasteiger partial charge in [0.15, 0.2) is 5.76 Å². The summed E-state index contributed by atoms with van der Waals surface area (Å²) in [7, 11) is 0. The summed E-state index contributed by atoms with van der Waals surface area (Å²) in [5.41, 5.74) is 0.979. The van der Waals surface area contributed by atoms with Gasteiger partial charge in [0.05, 0.1) is 28.4 Å². The number of nitrogens with zero attached hydrogens (tertiary/aromatic N) is 5. The summed E-state index contributed by atoms with van der Waals surface area (Å²) in [6.45, 7) is 2.07. The Morgan fingerprint density at radius 1 is 1.15 bits per heavy atom. The molecule has 12 heteroatoms. The molecule has 4 aromatic rings. The number of halogens is 4. The largest absolute Gasteiger partial charge is 0.417 e. The van der Waals surface area contributed by atoms with Gasteiger partial charge < -0.3 is 9.42 Å². The van der Waals surface area contributed by atoms with Crippen LogP contribution in [0.5, 0.6) is 0 Å². The third kappa shape index (κ3) is 4.05. The fraction of sp³-hybridized carbons (Fsp3) is 0.182. The summed E-state index contributed by atoms with van der Waals surface area (Å²) in [6.07, 6.45) is -1.44. The van der Waals surface area contributed by atoms with Crippen LogP contribution in [0, 0.1) is 0 Å². The lowest BCUT2D eigenvalue weighted by molar-refractivity contribution is -0.137. The Morgan fingerprint density at radius 3 is 2.62 bits per heavy atom. The lowest BCUT2D eigenvalue weighted by Crippen LogP contribution is -2.42. The maximum Gasteiger partial charge on any atom is 0.417 e. The van der Waals surface area contributed by atoms with Gasteiger partial charge in [-0.15, -0.1) is 0 Å². The monoisotopic (exact) mass is 507 g/mol. The minimum Gasteiger partial charge on any atom is -0.354 e. The molecule has 1 aliphatic heterocycles. The number of hydrogen-bond donors (Lipinski definition) is 0. The molecule has 0 N–H and O–H groups in total. The van der Waals surface area contributed by atoms with E-state index in [0.717, 1.165) is 12.1 Å². The number of aromatic nitrogens is 4. The van der Waals surface area contributed by atoms with E-state index >= 15 is 0 Å². The molecular weight excluding hydrogens is 491 g/mol. The van der Waals surface area contributed by atoms with Gasteiger partial charge in [-0.3, -0.25) is 14.5 Å². The zero-order valence-corrected chi connectivity index (χ0v) is 19.3.